The summed E-state index contributed by atoms with van der Waals surface area (Å²) in [4.78, 5) is 8.01. The van der Waals surface area contributed by atoms with Crippen LogP contribution in [0.3, 0.4) is 0 Å². The first kappa shape index (κ1) is 11.4. The molecule has 3 aromatic rings. The molecule has 0 aliphatic heterocycles. The second kappa shape index (κ2) is 4.90. The van der Waals surface area contributed by atoms with Crippen molar-refractivity contribution in [3.05, 3.63) is 67.1 Å². The molecule has 2 N–H and O–H groups in total. The summed E-state index contributed by atoms with van der Waals surface area (Å²) in [5, 5.41) is 0. The first-order chi connectivity index (χ1) is 9.34. The average Bonchev–Trinajstić information content (AvgIpc) is 2.49. The van der Waals surface area contributed by atoms with Crippen LogP contribution in [-0.2, 0) is 0 Å². The molecular weight excluding hydrogens is 234 g/mol. The third kappa shape index (κ3) is 2.31. The average molecular weight is 247 g/mol. The SMILES string of the molecule is Nc1ncncc1-c1ccc(-c2ccccc2)cc1. The molecule has 0 saturated carbocycles. The summed E-state index contributed by atoms with van der Waals surface area (Å²) in [6.07, 6.45) is 3.19. The van der Waals surface area contributed by atoms with Crippen molar-refractivity contribution < 1.29 is 0 Å². The van der Waals surface area contributed by atoms with Crippen molar-refractivity contribution >= 4 is 5.82 Å². The lowest BCUT2D eigenvalue weighted by atomic mass is 10.0. The fourth-order valence-corrected chi connectivity index (χ4v) is 2.03. The summed E-state index contributed by atoms with van der Waals surface area (Å²) in [6, 6.07) is 18.5. The molecule has 2 aromatic carbocycles. The summed E-state index contributed by atoms with van der Waals surface area (Å²) < 4.78 is 0. The Morgan fingerprint density at radius 3 is 2.05 bits per heavy atom. The van der Waals surface area contributed by atoms with E-state index in [4.69, 9.17) is 5.73 Å². The number of nitrogens with two attached hydrogens (primary N) is 1. The second-order valence-electron chi connectivity index (χ2n) is 4.27. The topological polar surface area (TPSA) is 51.8 Å². The summed E-state index contributed by atoms with van der Waals surface area (Å²) in [7, 11) is 0. The van der Waals surface area contributed by atoms with Crippen LogP contribution in [0.2, 0.25) is 0 Å². The first-order valence-electron chi connectivity index (χ1n) is 6.06. The lowest BCUT2D eigenvalue weighted by Crippen LogP contribution is -1.94. The standard InChI is InChI=1S/C16H13N3/c17-16-15(10-18-11-19-16)14-8-6-13(7-9-14)12-4-2-1-3-5-12/h1-11H,(H2,17,18,19). The van der Waals surface area contributed by atoms with Gasteiger partial charge in [-0.1, -0.05) is 54.6 Å². The van der Waals surface area contributed by atoms with E-state index in [9.17, 15) is 0 Å². The van der Waals surface area contributed by atoms with Crippen LogP contribution in [-0.4, -0.2) is 9.97 Å². The summed E-state index contributed by atoms with van der Waals surface area (Å²) in [6.45, 7) is 0. The summed E-state index contributed by atoms with van der Waals surface area (Å²) >= 11 is 0. The zero-order valence-corrected chi connectivity index (χ0v) is 10.3. The molecule has 0 amide bonds. The normalized spacial score (nSPS) is 10.3. The monoisotopic (exact) mass is 247 g/mol. The number of aromatic nitrogens is 2. The van der Waals surface area contributed by atoms with Crippen LogP contribution in [0.25, 0.3) is 22.3 Å². The smallest absolute Gasteiger partial charge is 0.134 e. The van der Waals surface area contributed by atoms with E-state index in [-0.39, 0.29) is 0 Å². The maximum Gasteiger partial charge on any atom is 0.134 e. The number of nitrogens with zero attached hydrogens (tertiary/aromatic N) is 2. The molecule has 0 atom stereocenters. The molecule has 0 fully saturated rings. The van der Waals surface area contributed by atoms with Gasteiger partial charge in [-0.05, 0) is 16.7 Å². The minimum Gasteiger partial charge on any atom is -0.383 e. The number of nitrogen functional groups attached to an aromatic ring is 1. The van der Waals surface area contributed by atoms with Crippen LogP contribution in [0, 0.1) is 0 Å². The fraction of sp³-hybridized carbons (Fsp3) is 0. The molecule has 0 bridgehead atoms. The van der Waals surface area contributed by atoms with E-state index in [1.807, 2.05) is 30.3 Å². The van der Waals surface area contributed by atoms with Gasteiger partial charge in [-0.2, -0.15) is 0 Å². The van der Waals surface area contributed by atoms with Gasteiger partial charge in [-0.3, -0.25) is 0 Å². The van der Waals surface area contributed by atoms with E-state index < -0.39 is 0 Å². The molecule has 92 valence electrons. The van der Waals surface area contributed by atoms with Crippen molar-refractivity contribution in [3.8, 4) is 22.3 Å². The Morgan fingerprint density at radius 2 is 1.37 bits per heavy atom. The van der Waals surface area contributed by atoms with E-state index in [1.165, 1.54) is 17.5 Å². The molecule has 1 aromatic heterocycles. The van der Waals surface area contributed by atoms with Gasteiger partial charge in [0.25, 0.3) is 0 Å². The van der Waals surface area contributed by atoms with Crippen molar-refractivity contribution in [2.24, 2.45) is 0 Å². The highest BCUT2D eigenvalue weighted by molar-refractivity contribution is 5.75. The largest absolute Gasteiger partial charge is 0.383 e. The lowest BCUT2D eigenvalue weighted by molar-refractivity contribution is 1.18. The number of anilines is 1. The van der Waals surface area contributed by atoms with Crippen LogP contribution < -0.4 is 5.73 Å². The third-order valence-electron chi connectivity index (χ3n) is 3.05. The van der Waals surface area contributed by atoms with Gasteiger partial charge >= 0.3 is 0 Å². The van der Waals surface area contributed by atoms with Gasteiger partial charge in [0.15, 0.2) is 0 Å². The maximum atomic E-state index is 5.85. The Bertz CT molecular complexity index is 676. The lowest BCUT2D eigenvalue weighted by Gasteiger charge is -2.06. The molecule has 0 spiro atoms. The van der Waals surface area contributed by atoms with Crippen molar-refractivity contribution in [3.63, 3.8) is 0 Å². The van der Waals surface area contributed by atoms with Gasteiger partial charge in [0.05, 0.1) is 0 Å². The molecule has 3 heteroatoms. The molecule has 0 saturated heterocycles. The predicted molar refractivity (Wildman–Crippen MR) is 77.3 cm³/mol. The van der Waals surface area contributed by atoms with Gasteiger partial charge in [-0.15, -0.1) is 0 Å². The Morgan fingerprint density at radius 1 is 0.737 bits per heavy atom. The van der Waals surface area contributed by atoms with Gasteiger partial charge in [0.1, 0.15) is 12.1 Å². The van der Waals surface area contributed by atoms with E-state index >= 15 is 0 Å². The molecule has 3 nitrogen and oxygen atoms in total. The van der Waals surface area contributed by atoms with Crippen molar-refractivity contribution in [2.45, 2.75) is 0 Å². The molecule has 19 heavy (non-hydrogen) atoms. The Kier molecular flexibility index (Phi) is 2.94. The van der Waals surface area contributed by atoms with Gasteiger partial charge < -0.3 is 5.73 Å². The minimum atomic E-state index is 0.502. The predicted octanol–water partition coefficient (Wildman–Crippen LogP) is 3.39. The summed E-state index contributed by atoms with van der Waals surface area (Å²) in [5.74, 6) is 0.502. The van der Waals surface area contributed by atoms with E-state index in [0.29, 0.717) is 5.82 Å². The van der Waals surface area contributed by atoms with Gasteiger partial charge in [-0.25, -0.2) is 9.97 Å². The Hall–Kier alpha value is -2.68. The number of benzene rings is 2. The van der Waals surface area contributed by atoms with Crippen LogP contribution in [0.4, 0.5) is 5.82 Å². The van der Waals surface area contributed by atoms with E-state index in [1.54, 1.807) is 6.20 Å². The highest BCUT2D eigenvalue weighted by atomic mass is 14.9. The Labute approximate surface area is 111 Å². The van der Waals surface area contributed by atoms with E-state index in [2.05, 4.69) is 34.2 Å². The fourth-order valence-electron chi connectivity index (χ4n) is 2.03. The molecule has 3 rings (SSSR count). The highest BCUT2D eigenvalue weighted by Crippen LogP contribution is 2.26. The molecular formula is C16H13N3. The zero-order valence-electron chi connectivity index (χ0n) is 10.3. The minimum absolute atomic E-state index is 0.502. The zero-order chi connectivity index (χ0) is 13.1. The van der Waals surface area contributed by atoms with Crippen LogP contribution in [0.1, 0.15) is 0 Å². The number of hydrogen-bond acceptors (Lipinski definition) is 3. The third-order valence-corrected chi connectivity index (χ3v) is 3.05. The quantitative estimate of drug-likeness (QED) is 0.755. The van der Waals surface area contributed by atoms with Crippen LogP contribution >= 0.6 is 0 Å². The van der Waals surface area contributed by atoms with Gasteiger partial charge in [0.2, 0.25) is 0 Å². The van der Waals surface area contributed by atoms with Crippen molar-refractivity contribution in [1.29, 1.82) is 0 Å². The Balaban J connectivity index is 1.98. The molecule has 1 heterocycles. The van der Waals surface area contributed by atoms with Crippen molar-refractivity contribution in [2.75, 3.05) is 5.73 Å². The molecule has 0 aliphatic rings. The number of hydrogen-bond donors (Lipinski definition) is 1. The van der Waals surface area contributed by atoms with Gasteiger partial charge in [0, 0.05) is 11.8 Å². The second-order valence-corrected chi connectivity index (χ2v) is 4.27. The highest BCUT2D eigenvalue weighted by Gasteiger charge is 2.04. The van der Waals surface area contributed by atoms with Crippen molar-refractivity contribution in [1.82, 2.24) is 9.97 Å². The van der Waals surface area contributed by atoms with E-state index in [0.717, 1.165) is 11.1 Å². The first-order valence-corrected chi connectivity index (χ1v) is 6.06. The molecule has 0 aliphatic carbocycles. The molecule has 0 radical (unpaired) electrons. The maximum absolute atomic E-state index is 5.85. The molecule has 0 unspecified atom stereocenters. The van der Waals surface area contributed by atoms with Crippen LogP contribution in [0.15, 0.2) is 67.1 Å². The number of rotatable bonds is 2. The summed E-state index contributed by atoms with van der Waals surface area (Å²) in [5.41, 5.74) is 10.1. The van der Waals surface area contributed by atoms with Crippen LogP contribution in [0.5, 0.6) is 0 Å².